The summed E-state index contributed by atoms with van der Waals surface area (Å²) in [6, 6.07) is 10.3. The van der Waals surface area contributed by atoms with Crippen molar-refractivity contribution >= 4 is 29.9 Å². The zero-order valence-electron chi connectivity index (χ0n) is 19.5. The van der Waals surface area contributed by atoms with Gasteiger partial charge in [-0.25, -0.2) is 9.98 Å². The summed E-state index contributed by atoms with van der Waals surface area (Å²) in [4.78, 5) is 9.12. The van der Waals surface area contributed by atoms with Crippen molar-refractivity contribution < 1.29 is 14.2 Å². The van der Waals surface area contributed by atoms with E-state index in [0.717, 1.165) is 54.9 Å². The van der Waals surface area contributed by atoms with Gasteiger partial charge in [0.25, 0.3) is 0 Å². The first-order valence-corrected chi connectivity index (χ1v) is 11.6. The molecule has 2 N–H and O–H groups in total. The Balaban J connectivity index is 0.00000306. The molecule has 1 saturated carbocycles. The summed E-state index contributed by atoms with van der Waals surface area (Å²) in [7, 11) is 0. The molecule has 1 aliphatic carbocycles. The van der Waals surface area contributed by atoms with Gasteiger partial charge in [-0.2, -0.15) is 0 Å². The van der Waals surface area contributed by atoms with Crippen LogP contribution in [0.15, 0.2) is 41.5 Å². The summed E-state index contributed by atoms with van der Waals surface area (Å²) < 4.78 is 17.4. The highest BCUT2D eigenvalue weighted by Gasteiger charge is 2.22. The topological polar surface area (TPSA) is 77.0 Å². The number of nitrogens with zero attached hydrogens (tertiary/aromatic N) is 2. The molecular formula is C25H35IN4O3. The lowest BCUT2D eigenvalue weighted by molar-refractivity contribution is 0.140. The van der Waals surface area contributed by atoms with Gasteiger partial charge in [-0.15, -0.1) is 24.0 Å². The second-order valence-electron chi connectivity index (χ2n) is 8.52. The van der Waals surface area contributed by atoms with Crippen molar-refractivity contribution in [2.24, 2.45) is 10.9 Å². The van der Waals surface area contributed by atoms with E-state index in [1.165, 1.54) is 18.4 Å². The number of nitrogens with one attached hydrogen (secondary N) is 2. The predicted molar refractivity (Wildman–Crippen MR) is 141 cm³/mol. The molecule has 180 valence electrons. The number of benzene rings is 1. The zero-order valence-corrected chi connectivity index (χ0v) is 21.8. The average Bonchev–Trinajstić information content (AvgIpc) is 3.50. The highest BCUT2D eigenvalue weighted by atomic mass is 127. The Morgan fingerprint density at radius 1 is 1.18 bits per heavy atom. The third-order valence-corrected chi connectivity index (χ3v) is 5.58. The molecule has 1 atom stereocenters. The second kappa shape index (κ2) is 13.0. The fraction of sp³-hybridized carbons (Fsp3) is 0.520. The quantitative estimate of drug-likeness (QED) is 0.255. The van der Waals surface area contributed by atoms with E-state index in [1.807, 2.05) is 18.3 Å². The molecule has 7 nitrogen and oxygen atoms in total. The lowest BCUT2D eigenvalue weighted by Gasteiger charge is -2.18. The van der Waals surface area contributed by atoms with Gasteiger partial charge in [0, 0.05) is 37.3 Å². The van der Waals surface area contributed by atoms with E-state index in [0.29, 0.717) is 25.6 Å². The van der Waals surface area contributed by atoms with Gasteiger partial charge in [-0.05, 0) is 49.8 Å². The fourth-order valence-electron chi connectivity index (χ4n) is 3.47. The number of hydrogen-bond donors (Lipinski definition) is 2. The van der Waals surface area contributed by atoms with Crippen LogP contribution in [-0.4, -0.2) is 43.4 Å². The van der Waals surface area contributed by atoms with Crippen molar-refractivity contribution in [1.29, 1.82) is 0 Å². The zero-order chi connectivity index (χ0) is 22.2. The van der Waals surface area contributed by atoms with Crippen molar-refractivity contribution in [3.63, 3.8) is 0 Å². The van der Waals surface area contributed by atoms with E-state index in [9.17, 15) is 0 Å². The molecule has 1 aliphatic heterocycles. The van der Waals surface area contributed by atoms with Gasteiger partial charge in [0.1, 0.15) is 11.9 Å². The van der Waals surface area contributed by atoms with Crippen LogP contribution in [0.5, 0.6) is 11.6 Å². The Hall–Kier alpha value is -2.07. The van der Waals surface area contributed by atoms with Crippen LogP contribution in [0.25, 0.3) is 0 Å². The van der Waals surface area contributed by atoms with Crippen LogP contribution in [0.2, 0.25) is 0 Å². The number of halogens is 1. The molecule has 2 heterocycles. The molecule has 2 fully saturated rings. The van der Waals surface area contributed by atoms with Crippen LogP contribution in [0, 0.1) is 12.8 Å². The number of aliphatic imine (C=N–C) groups is 1. The first-order valence-electron chi connectivity index (χ1n) is 11.6. The normalized spacial score (nSPS) is 17.9. The van der Waals surface area contributed by atoms with Crippen molar-refractivity contribution in [2.45, 2.75) is 52.3 Å². The van der Waals surface area contributed by atoms with E-state index in [2.05, 4.69) is 47.7 Å². The summed E-state index contributed by atoms with van der Waals surface area (Å²) in [6.45, 7) is 8.30. The molecule has 2 aliphatic rings. The molecule has 4 rings (SSSR count). The number of ether oxygens (including phenoxy) is 3. The van der Waals surface area contributed by atoms with Crippen molar-refractivity contribution in [3.8, 4) is 11.6 Å². The summed E-state index contributed by atoms with van der Waals surface area (Å²) in [5.41, 5.74) is 3.33. The standard InChI is InChI=1S/C25H34N4O3.HI/c1-3-26-25(28-14-20-7-9-24(27-13-20)31-16-19-5-6-19)29-15-21-8-4-18(2)12-23(21)32-22-10-11-30-17-22;/h4,7-9,12-13,19,22H,3,5-6,10-11,14-17H2,1-2H3,(H2,26,28,29);1H. The monoisotopic (exact) mass is 566 g/mol. The second-order valence-corrected chi connectivity index (χ2v) is 8.52. The van der Waals surface area contributed by atoms with Gasteiger partial charge in [0.05, 0.1) is 26.4 Å². The van der Waals surface area contributed by atoms with Crippen LogP contribution >= 0.6 is 24.0 Å². The highest BCUT2D eigenvalue weighted by Crippen LogP contribution is 2.29. The third kappa shape index (κ3) is 8.33. The van der Waals surface area contributed by atoms with E-state index in [1.54, 1.807) is 0 Å². The summed E-state index contributed by atoms with van der Waals surface area (Å²) in [5, 5.41) is 6.74. The van der Waals surface area contributed by atoms with Crippen LogP contribution in [0.4, 0.5) is 0 Å². The summed E-state index contributed by atoms with van der Waals surface area (Å²) >= 11 is 0. The van der Waals surface area contributed by atoms with E-state index in [4.69, 9.17) is 19.2 Å². The summed E-state index contributed by atoms with van der Waals surface area (Å²) in [6.07, 6.45) is 5.45. The number of aromatic nitrogens is 1. The highest BCUT2D eigenvalue weighted by molar-refractivity contribution is 14.0. The molecule has 0 radical (unpaired) electrons. The van der Waals surface area contributed by atoms with Crippen LogP contribution in [0.1, 0.15) is 42.9 Å². The molecule has 1 aromatic heterocycles. The van der Waals surface area contributed by atoms with Gasteiger partial charge < -0.3 is 24.8 Å². The third-order valence-electron chi connectivity index (χ3n) is 5.58. The van der Waals surface area contributed by atoms with Gasteiger partial charge in [-0.1, -0.05) is 18.2 Å². The predicted octanol–water partition coefficient (Wildman–Crippen LogP) is 4.22. The molecule has 1 unspecified atom stereocenters. The number of aryl methyl sites for hydroxylation is 1. The molecule has 0 spiro atoms. The van der Waals surface area contributed by atoms with Crippen molar-refractivity contribution in [3.05, 3.63) is 53.2 Å². The molecule has 0 bridgehead atoms. The lowest BCUT2D eigenvalue weighted by Crippen LogP contribution is -2.37. The average molecular weight is 566 g/mol. The van der Waals surface area contributed by atoms with E-state index in [-0.39, 0.29) is 30.1 Å². The molecule has 8 heteroatoms. The maximum absolute atomic E-state index is 6.21. The molecule has 1 saturated heterocycles. The first kappa shape index (κ1) is 25.6. The summed E-state index contributed by atoms with van der Waals surface area (Å²) in [5.74, 6) is 3.09. The Morgan fingerprint density at radius 2 is 2.06 bits per heavy atom. The maximum atomic E-state index is 6.21. The molecule has 33 heavy (non-hydrogen) atoms. The maximum Gasteiger partial charge on any atom is 0.213 e. The van der Waals surface area contributed by atoms with E-state index >= 15 is 0 Å². The van der Waals surface area contributed by atoms with Gasteiger partial charge in [0.2, 0.25) is 5.88 Å². The van der Waals surface area contributed by atoms with E-state index < -0.39 is 0 Å². The number of hydrogen-bond acceptors (Lipinski definition) is 5. The smallest absolute Gasteiger partial charge is 0.213 e. The van der Waals surface area contributed by atoms with Crippen LogP contribution in [0.3, 0.4) is 0 Å². The van der Waals surface area contributed by atoms with Crippen molar-refractivity contribution in [1.82, 2.24) is 15.6 Å². The Kier molecular flexibility index (Phi) is 10.1. The van der Waals surface area contributed by atoms with Crippen LogP contribution < -0.4 is 20.1 Å². The Labute approximate surface area is 213 Å². The van der Waals surface area contributed by atoms with Gasteiger partial charge in [-0.3, -0.25) is 0 Å². The number of guanidine groups is 1. The minimum Gasteiger partial charge on any atom is -0.488 e. The minimum atomic E-state index is 0. The first-order chi connectivity index (χ1) is 15.7. The molecular weight excluding hydrogens is 531 g/mol. The largest absolute Gasteiger partial charge is 0.488 e. The molecule has 2 aromatic rings. The molecule has 1 aromatic carbocycles. The van der Waals surface area contributed by atoms with Gasteiger partial charge in [0.15, 0.2) is 5.96 Å². The van der Waals surface area contributed by atoms with Crippen LogP contribution in [-0.2, 0) is 17.8 Å². The Bertz CT molecular complexity index is 897. The number of pyridine rings is 1. The van der Waals surface area contributed by atoms with Crippen molar-refractivity contribution in [2.75, 3.05) is 26.4 Å². The Morgan fingerprint density at radius 3 is 2.76 bits per heavy atom. The number of rotatable bonds is 10. The lowest BCUT2D eigenvalue weighted by atomic mass is 10.1. The SMILES string of the molecule is CCNC(=NCc1ccc(OCC2CC2)nc1)NCc1ccc(C)cc1OC1CCOC1.I. The minimum absolute atomic E-state index is 0. The van der Waals surface area contributed by atoms with Gasteiger partial charge >= 0.3 is 0 Å². The molecule has 0 amide bonds. The fourth-order valence-corrected chi connectivity index (χ4v) is 3.47.